The van der Waals surface area contributed by atoms with E-state index in [2.05, 4.69) is 243 Å². The summed E-state index contributed by atoms with van der Waals surface area (Å²) in [4.78, 5) is 2.46. The lowest BCUT2D eigenvalue weighted by Gasteiger charge is -2.35. The van der Waals surface area contributed by atoms with Crippen LogP contribution in [-0.2, 0) is 10.8 Å². The average Bonchev–Trinajstić information content (AvgIpc) is 3.97. The maximum atomic E-state index is 7.24. The molecule has 10 aromatic carbocycles. The summed E-state index contributed by atoms with van der Waals surface area (Å²) in [5.41, 5.74) is 19.3. The van der Waals surface area contributed by atoms with Crippen LogP contribution in [-0.4, -0.2) is 0 Å². The SMILES string of the molecule is CC1(C)c2ccccc2-c2ccc(N(c3ccc4c(c3)C(c3ccccc3)(c3ccccc3)c3ccccc3-4)c3ccc(-c4ccccc4)c4c3oc3ccc5ccccc5c34)cc21. The second kappa shape index (κ2) is 13.8. The highest BCUT2D eigenvalue weighted by molar-refractivity contribution is 6.25. The van der Waals surface area contributed by atoms with Crippen LogP contribution in [0.25, 0.3) is 66.1 Å². The van der Waals surface area contributed by atoms with Crippen LogP contribution in [0.4, 0.5) is 17.1 Å². The summed E-state index contributed by atoms with van der Waals surface area (Å²) in [6, 6.07) is 82.7. The number of benzene rings is 10. The van der Waals surface area contributed by atoms with Gasteiger partial charge in [-0.05, 0) is 114 Å². The van der Waals surface area contributed by atoms with Crippen LogP contribution in [0.3, 0.4) is 0 Å². The number of hydrogen-bond donors (Lipinski definition) is 0. The molecule has 0 fully saturated rings. The van der Waals surface area contributed by atoms with Gasteiger partial charge in [0.15, 0.2) is 5.58 Å². The molecule has 0 atom stereocenters. The van der Waals surface area contributed by atoms with Crippen LogP contribution >= 0.6 is 0 Å². The summed E-state index contributed by atoms with van der Waals surface area (Å²) in [5.74, 6) is 0. The minimum Gasteiger partial charge on any atom is -0.454 e. The van der Waals surface area contributed by atoms with Gasteiger partial charge in [-0.3, -0.25) is 0 Å². The Hall–Kier alpha value is -7.94. The van der Waals surface area contributed by atoms with E-state index in [0.717, 1.165) is 50.1 Å². The van der Waals surface area contributed by atoms with E-state index in [-0.39, 0.29) is 5.41 Å². The van der Waals surface area contributed by atoms with Crippen molar-refractivity contribution in [2.45, 2.75) is 24.7 Å². The van der Waals surface area contributed by atoms with Crippen molar-refractivity contribution in [2.24, 2.45) is 0 Å². The number of anilines is 3. The molecule has 1 aromatic heterocycles. The fourth-order valence-corrected chi connectivity index (χ4v) is 11.5. The van der Waals surface area contributed by atoms with Gasteiger partial charge in [0, 0.05) is 27.6 Å². The standard InChI is InChI=1S/C62H43NO/c1-61(2)52-28-16-14-26-48(52)50-33-31-44(38-54(50)61)63(56-36-35-47(40-18-6-3-7-19-40)59-58-46-25-13-12-20-41(46)30-37-57(58)64-60(56)59)45-32-34-51-49-27-15-17-29-53(49)62(55(51)39-45,42-21-8-4-9-22-42)43-23-10-5-11-24-43/h3-39H,1-2H3. The molecule has 1 heterocycles. The first kappa shape index (κ1) is 36.7. The number of hydrogen-bond acceptors (Lipinski definition) is 2. The first-order valence-electron chi connectivity index (χ1n) is 22.3. The highest BCUT2D eigenvalue weighted by Gasteiger charge is 2.46. The Kier molecular flexibility index (Phi) is 7.90. The number of rotatable bonds is 6. The predicted octanol–water partition coefficient (Wildman–Crippen LogP) is 16.5. The third-order valence-corrected chi connectivity index (χ3v) is 14.3. The van der Waals surface area contributed by atoms with Crippen molar-refractivity contribution in [1.82, 2.24) is 0 Å². The summed E-state index contributed by atoms with van der Waals surface area (Å²) in [7, 11) is 0. The molecular formula is C62H43NO. The molecule has 2 nitrogen and oxygen atoms in total. The zero-order chi connectivity index (χ0) is 42.6. The van der Waals surface area contributed by atoms with E-state index >= 15 is 0 Å². The average molecular weight is 818 g/mol. The van der Waals surface area contributed by atoms with Crippen LogP contribution in [0.5, 0.6) is 0 Å². The first-order chi connectivity index (χ1) is 31.5. The van der Waals surface area contributed by atoms with Crippen molar-refractivity contribution in [3.05, 3.63) is 258 Å². The minimum atomic E-state index is -0.553. The van der Waals surface area contributed by atoms with E-state index in [1.165, 1.54) is 66.4 Å². The molecule has 0 radical (unpaired) electrons. The monoisotopic (exact) mass is 817 g/mol. The van der Waals surface area contributed by atoms with Crippen molar-refractivity contribution in [3.8, 4) is 33.4 Å². The van der Waals surface area contributed by atoms with Crippen molar-refractivity contribution >= 4 is 49.8 Å². The van der Waals surface area contributed by atoms with Gasteiger partial charge < -0.3 is 9.32 Å². The lowest BCUT2D eigenvalue weighted by atomic mass is 9.67. The highest BCUT2D eigenvalue weighted by atomic mass is 16.3. The molecule has 0 unspecified atom stereocenters. The molecule has 2 aliphatic rings. The van der Waals surface area contributed by atoms with E-state index in [1.54, 1.807) is 0 Å². The van der Waals surface area contributed by atoms with E-state index in [0.29, 0.717) is 0 Å². The molecule has 0 saturated carbocycles. The Morgan fingerprint density at radius 3 is 1.62 bits per heavy atom. The van der Waals surface area contributed by atoms with Gasteiger partial charge in [-0.2, -0.15) is 0 Å². The highest BCUT2D eigenvalue weighted by Crippen LogP contribution is 2.58. The van der Waals surface area contributed by atoms with Crippen LogP contribution in [0.1, 0.15) is 47.2 Å². The first-order valence-corrected chi connectivity index (χ1v) is 22.3. The summed E-state index contributed by atoms with van der Waals surface area (Å²) >= 11 is 0. The molecule has 0 saturated heterocycles. The van der Waals surface area contributed by atoms with Crippen molar-refractivity contribution < 1.29 is 4.42 Å². The number of furan rings is 1. The van der Waals surface area contributed by atoms with Gasteiger partial charge in [0.05, 0.1) is 11.1 Å². The summed E-state index contributed by atoms with van der Waals surface area (Å²) in [6.07, 6.45) is 0. The normalized spacial score (nSPS) is 14.0. The molecule has 2 aliphatic carbocycles. The Bertz CT molecular complexity index is 3600. The second-order valence-corrected chi connectivity index (χ2v) is 18.0. The predicted molar refractivity (Wildman–Crippen MR) is 266 cm³/mol. The topological polar surface area (TPSA) is 16.4 Å². The molecule has 11 aromatic rings. The van der Waals surface area contributed by atoms with Gasteiger partial charge in [0.25, 0.3) is 0 Å². The van der Waals surface area contributed by atoms with Crippen molar-refractivity contribution in [3.63, 3.8) is 0 Å². The van der Waals surface area contributed by atoms with Gasteiger partial charge in [0.2, 0.25) is 0 Å². The van der Waals surface area contributed by atoms with Gasteiger partial charge in [-0.15, -0.1) is 0 Å². The molecule has 64 heavy (non-hydrogen) atoms. The Balaban J connectivity index is 1.14. The van der Waals surface area contributed by atoms with Crippen LogP contribution in [0.2, 0.25) is 0 Å². The van der Waals surface area contributed by atoms with Gasteiger partial charge >= 0.3 is 0 Å². The fraction of sp³-hybridized carbons (Fsp3) is 0.0645. The molecule has 302 valence electrons. The largest absolute Gasteiger partial charge is 0.454 e. The summed E-state index contributed by atoms with van der Waals surface area (Å²) in [6.45, 7) is 4.73. The van der Waals surface area contributed by atoms with E-state index < -0.39 is 5.41 Å². The maximum Gasteiger partial charge on any atom is 0.160 e. The van der Waals surface area contributed by atoms with Crippen molar-refractivity contribution in [1.29, 1.82) is 0 Å². The van der Waals surface area contributed by atoms with Crippen molar-refractivity contribution in [2.75, 3.05) is 4.90 Å². The zero-order valence-electron chi connectivity index (χ0n) is 35.7. The number of nitrogens with zero attached hydrogens (tertiary/aromatic N) is 1. The summed E-state index contributed by atoms with van der Waals surface area (Å²) in [5, 5.41) is 4.62. The van der Waals surface area contributed by atoms with Gasteiger partial charge in [-0.25, -0.2) is 0 Å². The third-order valence-electron chi connectivity index (χ3n) is 14.3. The third kappa shape index (κ3) is 5.08. The fourth-order valence-electron chi connectivity index (χ4n) is 11.5. The van der Waals surface area contributed by atoms with Crippen LogP contribution in [0.15, 0.2) is 229 Å². The lowest BCUT2D eigenvalue weighted by molar-refractivity contribution is 0.660. The van der Waals surface area contributed by atoms with Gasteiger partial charge in [0.1, 0.15) is 5.58 Å². The molecule has 2 heteroatoms. The van der Waals surface area contributed by atoms with Crippen LogP contribution < -0.4 is 4.90 Å². The quantitative estimate of drug-likeness (QED) is 0.166. The minimum absolute atomic E-state index is 0.187. The zero-order valence-corrected chi connectivity index (χ0v) is 35.7. The molecule has 13 rings (SSSR count). The second-order valence-electron chi connectivity index (χ2n) is 18.0. The summed E-state index contributed by atoms with van der Waals surface area (Å²) < 4.78 is 7.24. The molecule has 0 amide bonds. The molecular weight excluding hydrogens is 775 g/mol. The Morgan fingerprint density at radius 1 is 0.391 bits per heavy atom. The molecule has 0 aliphatic heterocycles. The maximum absolute atomic E-state index is 7.24. The van der Waals surface area contributed by atoms with E-state index in [4.69, 9.17) is 4.42 Å². The molecule has 0 bridgehead atoms. The Labute approximate surface area is 373 Å². The molecule has 0 spiro atoms. The van der Waals surface area contributed by atoms with Crippen LogP contribution in [0, 0.1) is 0 Å². The smallest absolute Gasteiger partial charge is 0.160 e. The van der Waals surface area contributed by atoms with E-state index in [1.807, 2.05) is 0 Å². The van der Waals surface area contributed by atoms with Gasteiger partial charge in [-0.1, -0.05) is 202 Å². The Morgan fingerprint density at radius 2 is 0.922 bits per heavy atom. The number of fused-ring (bicyclic) bond motifs is 11. The molecule has 0 N–H and O–H groups in total. The van der Waals surface area contributed by atoms with E-state index in [9.17, 15) is 0 Å². The lowest BCUT2D eigenvalue weighted by Crippen LogP contribution is -2.28.